The first-order chi connectivity index (χ1) is 11.3. The van der Waals surface area contributed by atoms with Gasteiger partial charge in [-0.3, -0.25) is 9.88 Å². The zero-order valence-electron chi connectivity index (χ0n) is 13.2. The third-order valence-electron chi connectivity index (χ3n) is 4.69. The maximum Gasteiger partial charge on any atom is 0.138 e. The maximum atomic E-state index is 6.23. The number of thiophene rings is 1. The first kappa shape index (κ1) is 15.1. The highest BCUT2D eigenvalue weighted by atomic mass is 32.1. The summed E-state index contributed by atoms with van der Waals surface area (Å²) in [5, 5.41) is 2.15. The summed E-state index contributed by atoms with van der Waals surface area (Å²) in [4.78, 5) is 8.07. The van der Waals surface area contributed by atoms with Crippen molar-refractivity contribution in [2.45, 2.75) is 37.5 Å². The van der Waals surface area contributed by atoms with Crippen LogP contribution in [0.15, 0.2) is 42.0 Å². The Morgan fingerprint density at radius 1 is 1.39 bits per heavy atom. The van der Waals surface area contributed by atoms with Crippen molar-refractivity contribution in [3.05, 3.63) is 46.9 Å². The van der Waals surface area contributed by atoms with Crippen LogP contribution < -0.4 is 4.74 Å². The van der Waals surface area contributed by atoms with Crippen molar-refractivity contribution in [2.75, 3.05) is 19.7 Å². The smallest absolute Gasteiger partial charge is 0.138 e. The molecule has 0 saturated carbocycles. The van der Waals surface area contributed by atoms with E-state index in [0.717, 1.165) is 38.2 Å². The summed E-state index contributed by atoms with van der Waals surface area (Å²) in [6.45, 7) is 3.90. The number of hydrogen-bond donors (Lipinski definition) is 0. The molecule has 0 aromatic carbocycles. The van der Waals surface area contributed by atoms with Crippen molar-refractivity contribution < 1.29 is 9.47 Å². The van der Waals surface area contributed by atoms with E-state index in [1.54, 1.807) is 12.4 Å². The number of rotatable bonds is 4. The summed E-state index contributed by atoms with van der Waals surface area (Å²) in [5.74, 6) is 0.837. The molecule has 2 aromatic rings. The lowest BCUT2D eigenvalue weighted by molar-refractivity contribution is -0.0536. The average Bonchev–Trinajstić information content (AvgIpc) is 3.19. The van der Waals surface area contributed by atoms with Crippen LogP contribution in [-0.4, -0.2) is 41.3 Å². The predicted octanol–water partition coefficient (Wildman–Crippen LogP) is 3.35. The van der Waals surface area contributed by atoms with Gasteiger partial charge in [-0.05, 0) is 43.0 Å². The second kappa shape index (κ2) is 6.59. The van der Waals surface area contributed by atoms with E-state index in [9.17, 15) is 0 Å². The Labute approximate surface area is 141 Å². The molecule has 2 saturated heterocycles. The van der Waals surface area contributed by atoms with Gasteiger partial charge in [0, 0.05) is 30.6 Å². The zero-order chi connectivity index (χ0) is 15.5. The van der Waals surface area contributed by atoms with Gasteiger partial charge >= 0.3 is 0 Å². The molecule has 1 spiro atoms. The van der Waals surface area contributed by atoms with Gasteiger partial charge in [0.25, 0.3) is 0 Å². The molecule has 0 radical (unpaired) electrons. The third kappa shape index (κ3) is 3.57. The molecule has 4 rings (SSSR count). The molecule has 4 nitrogen and oxygen atoms in total. The van der Waals surface area contributed by atoms with Crippen LogP contribution in [0.2, 0.25) is 0 Å². The first-order valence-electron chi connectivity index (χ1n) is 8.27. The van der Waals surface area contributed by atoms with Gasteiger partial charge in [0.05, 0.1) is 18.4 Å². The molecule has 2 fully saturated rings. The van der Waals surface area contributed by atoms with Crippen molar-refractivity contribution in [3.63, 3.8) is 0 Å². The molecule has 23 heavy (non-hydrogen) atoms. The van der Waals surface area contributed by atoms with E-state index in [4.69, 9.17) is 9.47 Å². The van der Waals surface area contributed by atoms with E-state index in [1.165, 1.54) is 11.3 Å². The van der Waals surface area contributed by atoms with Gasteiger partial charge < -0.3 is 9.47 Å². The minimum Gasteiger partial charge on any atom is -0.486 e. The molecule has 2 aliphatic heterocycles. The molecule has 2 aliphatic rings. The molecular formula is C18H22N2O2S. The van der Waals surface area contributed by atoms with Crippen molar-refractivity contribution in [3.8, 4) is 5.75 Å². The highest BCUT2D eigenvalue weighted by Gasteiger charge is 2.44. The molecule has 0 aliphatic carbocycles. The molecule has 2 atom stereocenters. The van der Waals surface area contributed by atoms with E-state index in [1.807, 2.05) is 23.5 Å². The van der Waals surface area contributed by atoms with Gasteiger partial charge in [-0.15, -0.1) is 11.3 Å². The van der Waals surface area contributed by atoms with E-state index < -0.39 is 0 Å². The van der Waals surface area contributed by atoms with Crippen LogP contribution >= 0.6 is 11.3 Å². The molecule has 0 unspecified atom stereocenters. The minimum atomic E-state index is -0.0254. The topological polar surface area (TPSA) is 34.6 Å². The summed E-state index contributed by atoms with van der Waals surface area (Å²) in [6, 6.07) is 8.21. The monoisotopic (exact) mass is 330 g/mol. The predicted molar refractivity (Wildman–Crippen MR) is 90.8 cm³/mol. The number of nitrogens with zero attached hydrogens (tertiary/aromatic N) is 2. The molecule has 0 N–H and O–H groups in total. The Hall–Kier alpha value is -1.43. The van der Waals surface area contributed by atoms with E-state index >= 15 is 0 Å². The van der Waals surface area contributed by atoms with Crippen molar-refractivity contribution >= 4 is 11.3 Å². The lowest BCUT2D eigenvalue weighted by atomic mass is 9.89. The standard InChI is InChI=1S/C18H22N2O2S/c1-4-15(11-19-7-1)22-16-10-18(21-13-16)6-3-8-20(14-18)12-17-5-2-9-23-17/h1-2,4-5,7,9,11,16H,3,6,8,10,12-14H2/t16-,18-/m1/s1. The van der Waals surface area contributed by atoms with Gasteiger partial charge in [0.2, 0.25) is 0 Å². The second-order valence-electron chi connectivity index (χ2n) is 6.52. The Balaban J connectivity index is 1.37. The molecule has 0 amide bonds. The van der Waals surface area contributed by atoms with Gasteiger partial charge in [-0.1, -0.05) is 6.07 Å². The Morgan fingerprint density at radius 3 is 3.22 bits per heavy atom. The Kier molecular flexibility index (Phi) is 4.33. The summed E-state index contributed by atoms with van der Waals surface area (Å²) in [6.07, 6.45) is 6.99. The van der Waals surface area contributed by atoms with Crippen LogP contribution in [0.5, 0.6) is 5.75 Å². The third-order valence-corrected chi connectivity index (χ3v) is 5.55. The zero-order valence-corrected chi connectivity index (χ0v) is 14.0. The van der Waals surface area contributed by atoms with Crippen molar-refractivity contribution in [2.24, 2.45) is 0 Å². The summed E-state index contributed by atoms with van der Waals surface area (Å²) in [7, 11) is 0. The lowest BCUT2D eigenvalue weighted by Gasteiger charge is -2.39. The molecule has 2 aromatic heterocycles. The molecule has 4 heterocycles. The quantitative estimate of drug-likeness (QED) is 0.861. The molecule has 122 valence electrons. The van der Waals surface area contributed by atoms with Crippen LogP contribution in [-0.2, 0) is 11.3 Å². The maximum absolute atomic E-state index is 6.23. The average molecular weight is 330 g/mol. The van der Waals surface area contributed by atoms with Crippen LogP contribution in [0.1, 0.15) is 24.1 Å². The Morgan fingerprint density at radius 2 is 2.39 bits per heavy atom. The van der Waals surface area contributed by atoms with Gasteiger partial charge in [0.15, 0.2) is 0 Å². The van der Waals surface area contributed by atoms with E-state index in [2.05, 4.69) is 27.4 Å². The van der Waals surface area contributed by atoms with Gasteiger partial charge in [0.1, 0.15) is 11.9 Å². The summed E-state index contributed by atoms with van der Waals surface area (Å²) >= 11 is 1.84. The number of hydrogen-bond acceptors (Lipinski definition) is 5. The second-order valence-corrected chi connectivity index (χ2v) is 7.55. The SMILES string of the molecule is c1cncc(O[C@H]2CO[C@]3(CCCN(Cc4cccs4)C3)C2)c1. The highest BCUT2D eigenvalue weighted by Crippen LogP contribution is 2.36. The van der Waals surface area contributed by atoms with E-state index in [-0.39, 0.29) is 11.7 Å². The van der Waals surface area contributed by atoms with Gasteiger partial charge in [-0.25, -0.2) is 0 Å². The molecule has 5 heteroatoms. The number of ether oxygens (including phenoxy) is 2. The fourth-order valence-corrected chi connectivity index (χ4v) is 4.47. The number of aromatic nitrogens is 1. The molecular weight excluding hydrogens is 308 g/mol. The molecule has 0 bridgehead atoms. The largest absolute Gasteiger partial charge is 0.486 e. The van der Waals surface area contributed by atoms with Crippen LogP contribution in [0.3, 0.4) is 0 Å². The summed E-state index contributed by atoms with van der Waals surface area (Å²) in [5.41, 5.74) is -0.0254. The number of pyridine rings is 1. The number of likely N-dealkylation sites (tertiary alicyclic amines) is 1. The van der Waals surface area contributed by atoms with E-state index in [0.29, 0.717) is 6.61 Å². The summed E-state index contributed by atoms with van der Waals surface area (Å²) < 4.78 is 12.3. The lowest BCUT2D eigenvalue weighted by Crippen LogP contribution is -2.47. The minimum absolute atomic E-state index is 0.0254. The normalized spacial score (nSPS) is 28.3. The van der Waals surface area contributed by atoms with Crippen molar-refractivity contribution in [1.82, 2.24) is 9.88 Å². The van der Waals surface area contributed by atoms with Crippen molar-refractivity contribution in [1.29, 1.82) is 0 Å². The number of piperidine rings is 1. The van der Waals surface area contributed by atoms with Crippen LogP contribution in [0, 0.1) is 0 Å². The Bertz CT molecular complexity index is 619. The fraction of sp³-hybridized carbons (Fsp3) is 0.500. The first-order valence-corrected chi connectivity index (χ1v) is 9.15. The van der Waals surface area contributed by atoms with Gasteiger partial charge in [-0.2, -0.15) is 0 Å². The highest BCUT2D eigenvalue weighted by molar-refractivity contribution is 7.09. The van der Waals surface area contributed by atoms with Crippen LogP contribution in [0.4, 0.5) is 0 Å². The van der Waals surface area contributed by atoms with Crippen LogP contribution in [0.25, 0.3) is 0 Å². The fourth-order valence-electron chi connectivity index (χ4n) is 3.72.